The van der Waals surface area contributed by atoms with E-state index in [0.717, 1.165) is 6.42 Å². The smallest absolute Gasteiger partial charge is 0.0833 e. The monoisotopic (exact) mass is 222 g/mol. The van der Waals surface area contributed by atoms with E-state index in [4.69, 9.17) is 9.47 Å². The summed E-state index contributed by atoms with van der Waals surface area (Å²) in [4.78, 5) is 0. The summed E-state index contributed by atoms with van der Waals surface area (Å²) < 4.78 is 11.1. The van der Waals surface area contributed by atoms with E-state index < -0.39 is 0 Å². The molecule has 1 aliphatic rings. The van der Waals surface area contributed by atoms with Gasteiger partial charge in [-0.25, -0.2) is 0 Å². The number of benzene rings is 1. The summed E-state index contributed by atoms with van der Waals surface area (Å²) >= 11 is 0. The summed E-state index contributed by atoms with van der Waals surface area (Å²) in [5, 5.41) is 9.46. The number of rotatable bonds is 4. The van der Waals surface area contributed by atoms with E-state index in [-0.39, 0.29) is 12.2 Å². The molecule has 0 amide bonds. The summed E-state index contributed by atoms with van der Waals surface area (Å²) in [6.07, 6.45) is 1.26. The average molecular weight is 222 g/mol. The lowest BCUT2D eigenvalue weighted by Gasteiger charge is -2.26. The van der Waals surface area contributed by atoms with Crippen molar-refractivity contribution in [2.75, 3.05) is 13.2 Å². The van der Waals surface area contributed by atoms with Gasteiger partial charge in [0.15, 0.2) is 0 Å². The molecule has 0 spiro atoms. The van der Waals surface area contributed by atoms with Crippen molar-refractivity contribution in [3.05, 3.63) is 35.9 Å². The molecule has 88 valence electrons. The molecule has 1 aliphatic heterocycles. The molecule has 1 aromatic carbocycles. The van der Waals surface area contributed by atoms with Gasteiger partial charge in [0.2, 0.25) is 0 Å². The Kier molecular flexibility index (Phi) is 4.34. The van der Waals surface area contributed by atoms with Crippen LogP contribution >= 0.6 is 0 Å². The fraction of sp³-hybridized carbons (Fsp3) is 0.538. The van der Waals surface area contributed by atoms with Gasteiger partial charge in [-0.05, 0) is 12.0 Å². The molecule has 2 atom stereocenters. The van der Waals surface area contributed by atoms with Crippen molar-refractivity contribution >= 4 is 0 Å². The predicted molar refractivity (Wildman–Crippen MR) is 61.1 cm³/mol. The number of ether oxygens (including phenoxy) is 2. The van der Waals surface area contributed by atoms with E-state index >= 15 is 0 Å². The fourth-order valence-corrected chi connectivity index (χ4v) is 1.86. The summed E-state index contributed by atoms with van der Waals surface area (Å²) in [6.45, 7) is 1.81. The second kappa shape index (κ2) is 5.99. The summed E-state index contributed by atoms with van der Waals surface area (Å²) in [5.74, 6) is 0. The van der Waals surface area contributed by atoms with E-state index in [9.17, 15) is 5.11 Å². The van der Waals surface area contributed by atoms with E-state index in [1.165, 1.54) is 5.56 Å². The molecule has 0 bridgehead atoms. The van der Waals surface area contributed by atoms with Crippen LogP contribution < -0.4 is 0 Å². The van der Waals surface area contributed by atoms with Crippen LogP contribution in [0.2, 0.25) is 0 Å². The van der Waals surface area contributed by atoms with Crippen LogP contribution in [-0.2, 0) is 16.1 Å². The molecule has 1 N–H and O–H groups in total. The van der Waals surface area contributed by atoms with E-state index in [2.05, 4.69) is 0 Å². The van der Waals surface area contributed by atoms with Crippen LogP contribution in [0.25, 0.3) is 0 Å². The molecular weight excluding hydrogens is 204 g/mol. The van der Waals surface area contributed by atoms with Gasteiger partial charge < -0.3 is 14.6 Å². The molecule has 3 nitrogen and oxygen atoms in total. The second-order valence-corrected chi connectivity index (χ2v) is 4.17. The standard InChI is InChI=1S/C13H18O3/c14-12-6-7-16-13(8-12)10-15-9-11-4-2-1-3-5-11/h1-5,12-14H,6-10H2. The molecule has 0 radical (unpaired) electrons. The minimum absolute atomic E-state index is 0.0486. The first-order valence-corrected chi connectivity index (χ1v) is 5.76. The third kappa shape index (κ3) is 3.59. The third-order valence-electron chi connectivity index (χ3n) is 2.75. The summed E-state index contributed by atoms with van der Waals surface area (Å²) in [5.41, 5.74) is 1.17. The van der Waals surface area contributed by atoms with Gasteiger partial charge in [0.1, 0.15) is 0 Å². The van der Waals surface area contributed by atoms with Crippen molar-refractivity contribution in [1.82, 2.24) is 0 Å². The zero-order valence-corrected chi connectivity index (χ0v) is 9.34. The van der Waals surface area contributed by atoms with Crippen LogP contribution in [0.5, 0.6) is 0 Å². The van der Waals surface area contributed by atoms with Crippen molar-refractivity contribution in [1.29, 1.82) is 0 Å². The lowest BCUT2D eigenvalue weighted by atomic mass is 10.1. The number of aliphatic hydroxyl groups excluding tert-OH is 1. The Morgan fingerprint density at radius 1 is 1.31 bits per heavy atom. The minimum atomic E-state index is -0.223. The van der Waals surface area contributed by atoms with Crippen molar-refractivity contribution < 1.29 is 14.6 Å². The van der Waals surface area contributed by atoms with Crippen LogP contribution in [0.4, 0.5) is 0 Å². The van der Waals surface area contributed by atoms with Crippen LogP contribution in [0.15, 0.2) is 30.3 Å². The Hall–Kier alpha value is -0.900. The highest BCUT2D eigenvalue weighted by Crippen LogP contribution is 2.14. The first-order chi connectivity index (χ1) is 7.84. The quantitative estimate of drug-likeness (QED) is 0.843. The Morgan fingerprint density at radius 2 is 2.12 bits per heavy atom. The Labute approximate surface area is 96.0 Å². The highest BCUT2D eigenvalue weighted by molar-refractivity contribution is 5.13. The number of aliphatic hydroxyl groups is 1. The van der Waals surface area contributed by atoms with Crippen LogP contribution in [0, 0.1) is 0 Å². The van der Waals surface area contributed by atoms with Gasteiger partial charge in [0.05, 0.1) is 25.4 Å². The van der Waals surface area contributed by atoms with Gasteiger partial charge >= 0.3 is 0 Å². The molecule has 3 heteroatoms. The van der Waals surface area contributed by atoms with Crippen molar-refractivity contribution in [2.24, 2.45) is 0 Å². The van der Waals surface area contributed by atoms with E-state index in [1.54, 1.807) is 0 Å². The molecule has 0 aliphatic carbocycles. The average Bonchev–Trinajstić information content (AvgIpc) is 2.30. The fourth-order valence-electron chi connectivity index (χ4n) is 1.86. The molecule has 2 rings (SSSR count). The first kappa shape index (κ1) is 11.6. The topological polar surface area (TPSA) is 38.7 Å². The Bertz CT molecular complexity index is 299. The first-order valence-electron chi connectivity index (χ1n) is 5.76. The van der Waals surface area contributed by atoms with Crippen LogP contribution in [-0.4, -0.2) is 30.5 Å². The zero-order valence-electron chi connectivity index (χ0n) is 9.34. The summed E-state index contributed by atoms with van der Waals surface area (Å²) in [7, 11) is 0. The maximum Gasteiger partial charge on any atom is 0.0833 e. The van der Waals surface area contributed by atoms with Crippen molar-refractivity contribution in [3.8, 4) is 0 Å². The highest BCUT2D eigenvalue weighted by Gasteiger charge is 2.20. The molecule has 1 fully saturated rings. The van der Waals surface area contributed by atoms with Crippen molar-refractivity contribution in [2.45, 2.75) is 31.7 Å². The molecule has 1 aromatic rings. The van der Waals surface area contributed by atoms with Gasteiger partial charge in [-0.1, -0.05) is 30.3 Å². The number of hydrogen-bond donors (Lipinski definition) is 1. The summed E-state index contributed by atoms with van der Waals surface area (Å²) in [6, 6.07) is 10.1. The Morgan fingerprint density at radius 3 is 2.88 bits per heavy atom. The van der Waals surface area contributed by atoms with Crippen molar-refractivity contribution in [3.63, 3.8) is 0 Å². The molecule has 0 aromatic heterocycles. The molecular formula is C13H18O3. The maximum atomic E-state index is 9.46. The SMILES string of the molecule is OC1CCOC(COCc2ccccc2)C1. The van der Waals surface area contributed by atoms with Gasteiger partial charge in [-0.3, -0.25) is 0 Å². The molecule has 0 saturated carbocycles. The molecule has 1 heterocycles. The lowest BCUT2D eigenvalue weighted by molar-refractivity contribution is -0.0811. The molecule has 1 saturated heterocycles. The largest absolute Gasteiger partial charge is 0.393 e. The number of hydrogen-bond acceptors (Lipinski definition) is 3. The molecule has 2 unspecified atom stereocenters. The van der Waals surface area contributed by atoms with E-state index in [0.29, 0.717) is 26.2 Å². The second-order valence-electron chi connectivity index (χ2n) is 4.17. The van der Waals surface area contributed by atoms with Crippen LogP contribution in [0.3, 0.4) is 0 Å². The van der Waals surface area contributed by atoms with Gasteiger partial charge in [-0.2, -0.15) is 0 Å². The normalized spacial score (nSPS) is 25.6. The lowest BCUT2D eigenvalue weighted by Crippen LogP contribution is -2.32. The zero-order chi connectivity index (χ0) is 11.2. The minimum Gasteiger partial charge on any atom is -0.393 e. The maximum absolute atomic E-state index is 9.46. The predicted octanol–water partition coefficient (Wildman–Crippen LogP) is 1.74. The molecule has 16 heavy (non-hydrogen) atoms. The van der Waals surface area contributed by atoms with E-state index in [1.807, 2.05) is 30.3 Å². The van der Waals surface area contributed by atoms with Gasteiger partial charge in [0.25, 0.3) is 0 Å². The highest BCUT2D eigenvalue weighted by atomic mass is 16.5. The van der Waals surface area contributed by atoms with Gasteiger partial charge in [0, 0.05) is 13.0 Å². The van der Waals surface area contributed by atoms with Gasteiger partial charge in [-0.15, -0.1) is 0 Å². The Balaban J connectivity index is 1.68. The third-order valence-corrected chi connectivity index (χ3v) is 2.75. The van der Waals surface area contributed by atoms with Crippen LogP contribution in [0.1, 0.15) is 18.4 Å².